The van der Waals surface area contributed by atoms with Gasteiger partial charge in [0.05, 0.1) is 16.7 Å². The van der Waals surface area contributed by atoms with Crippen molar-refractivity contribution in [2.45, 2.75) is 24.0 Å². The molecule has 1 N–H and O–H groups in total. The molecule has 1 aromatic carbocycles. The van der Waals surface area contributed by atoms with Gasteiger partial charge in [-0.25, -0.2) is 4.98 Å². The molecule has 0 unspecified atom stereocenters. The van der Waals surface area contributed by atoms with Crippen LogP contribution in [0.3, 0.4) is 0 Å². The van der Waals surface area contributed by atoms with Crippen LogP contribution in [0.5, 0.6) is 0 Å². The van der Waals surface area contributed by atoms with Gasteiger partial charge in [0, 0.05) is 13.1 Å². The van der Waals surface area contributed by atoms with Crippen LogP contribution in [0.2, 0.25) is 0 Å². The van der Waals surface area contributed by atoms with Crippen LogP contribution in [0.1, 0.15) is 17.1 Å². The molecule has 0 saturated carbocycles. The highest BCUT2D eigenvalue weighted by atomic mass is 32.2. The maximum atomic E-state index is 12.9. The van der Waals surface area contributed by atoms with Crippen molar-refractivity contribution >= 4 is 28.4 Å². The minimum absolute atomic E-state index is 0.0760. The molecular formula is C17H13F3N6O2S. The zero-order valence-electron chi connectivity index (χ0n) is 15.1. The maximum absolute atomic E-state index is 12.9. The van der Waals surface area contributed by atoms with Crippen molar-refractivity contribution < 1.29 is 13.2 Å². The summed E-state index contributed by atoms with van der Waals surface area (Å²) in [5, 5.41) is 8.38. The number of halogens is 3. The van der Waals surface area contributed by atoms with Gasteiger partial charge in [0.15, 0.2) is 10.9 Å². The lowest BCUT2D eigenvalue weighted by Crippen LogP contribution is -2.20. The van der Waals surface area contributed by atoms with E-state index in [-0.39, 0.29) is 16.5 Å². The molecule has 4 rings (SSSR count). The third-order valence-corrected chi connectivity index (χ3v) is 5.16. The molecule has 0 saturated heterocycles. The summed E-state index contributed by atoms with van der Waals surface area (Å²) in [5.41, 5.74) is -0.905. The molecule has 0 fully saturated rings. The summed E-state index contributed by atoms with van der Waals surface area (Å²) in [7, 11) is 1.57. The Morgan fingerprint density at radius 2 is 1.93 bits per heavy atom. The maximum Gasteiger partial charge on any atom is 0.433 e. The summed E-state index contributed by atoms with van der Waals surface area (Å²) in [6.07, 6.45) is -4.72. The van der Waals surface area contributed by atoms with Crippen LogP contribution in [0.15, 0.2) is 39.0 Å². The molecule has 12 heteroatoms. The highest BCUT2D eigenvalue weighted by Crippen LogP contribution is 2.28. The number of alkyl halides is 3. The number of aromatic amines is 1. The van der Waals surface area contributed by atoms with Crippen LogP contribution < -0.4 is 11.1 Å². The van der Waals surface area contributed by atoms with Crippen LogP contribution in [0.4, 0.5) is 13.2 Å². The van der Waals surface area contributed by atoms with Crippen LogP contribution >= 0.6 is 11.8 Å². The minimum Gasteiger partial charge on any atom is -0.301 e. The van der Waals surface area contributed by atoms with Crippen LogP contribution in [0.25, 0.3) is 16.7 Å². The van der Waals surface area contributed by atoms with E-state index < -0.39 is 17.4 Å². The third kappa shape index (κ3) is 3.39. The average molecular weight is 422 g/mol. The van der Waals surface area contributed by atoms with E-state index in [4.69, 9.17) is 0 Å². The molecule has 0 spiro atoms. The van der Waals surface area contributed by atoms with Crippen LogP contribution in [0, 0.1) is 6.92 Å². The van der Waals surface area contributed by atoms with Gasteiger partial charge in [0.25, 0.3) is 11.1 Å². The van der Waals surface area contributed by atoms with Crippen molar-refractivity contribution in [1.29, 1.82) is 0 Å². The van der Waals surface area contributed by atoms with E-state index in [1.807, 2.05) is 13.0 Å². The second kappa shape index (κ2) is 6.72. The number of thioether (sulfide) groups is 1. The van der Waals surface area contributed by atoms with E-state index in [1.165, 1.54) is 4.57 Å². The smallest absolute Gasteiger partial charge is 0.301 e. The second-order valence-electron chi connectivity index (χ2n) is 6.36. The highest BCUT2D eigenvalue weighted by Gasteiger charge is 2.33. The van der Waals surface area contributed by atoms with E-state index in [1.54, 1.807) is 23.6 Å². The minimum atomic E-state index is -4.72. The Morgan fingerprint density at radius 1 is 1.17 bits per heavy atom. The number of fused-ring (bicyclic) bond motifs is 3. The van der Waals surface area contributed by atoms with Gasteiger partial charge in [-0.1, -0.05) is 23.4 Å². The fourth-order valence-corrected chi connectivity index (χ4v) is 3.72. The molecule has 150 valence electrons. The molecule has 29 heavy (non-hydrogen) atoms. The summed E-state index contributed by atoms with van der Waals surface area (Å²) in [6.45, 7) is 1.86. The number of aryl methyl sites for hydroxylation is 2. The molecule has 4 aromatic rings. The third-order valence-electron chi connectivity index (χ3n) is 4.29. The predicted octanol–water partition coefficient (Wildman–Crippen LogP) is 2.28. The van der Waals surface area contributed by atoms with E-state index in [0.29, 0.717) is 28.6 Å². The first-order valence-corrected chi connectivity index (χ1v) is 9.28. The van der Waals surface area contributed by atoms with E-state index >= 15 is 0 Å². The zero-order valence-corrected chi connectivity index (χ0v) is 15.9. The Hall–Kier alpha value is -3.15. The van der Waals surface area contributed by atoms with Crippen molar-refractivity contribution in [1.82, 2.24) is 29.1 Å². The lowest BCUT2D eigenvalue weighted by molar-refractivity contribution is -0.141. The summed E-state index contributed by atoms with van der Waals surface area (Å²) in [5.74, 6) is 0.772. The first kappa shape index (κ1) is 19.2. The Kier molecular flexibility index (Phi) is 4.45. The van der Waals surface area contributed by atoms with E-state index in [0.717, 1.165) is 17.3 Å². The van der Waals surface area contributed by atoms with Gasteiger partial charge in [-0.05, 0) is 19.1 Å². The largest absolute Gasteiger partial charge is 0.433 e. The molecule has 8 nitrogen and oxygen atoms in total. The van der Waals surface area contributed by atoms with Crippen molar-refractivity contribution in [2.24, 2.45) is 7.05 Å². The lowest BCUT2D eigenvalue weighted by Gasteiger charge is -2.09. The first-order chi connectivity index (χ1) is 13.6. The Balaban J connectivity index is 1.79. The second-order valence-corrected chi connectivity index (χ2v) is 7.32. The number of hydrogen-bond acceptors (Lipinski definition) is 6. The van der Waals surface area contributed by atoms with Gasteiger partial charge in [-0.15, -0.1) is 10.2 Å². The molecule has 0 bridgehead atoms. The molecule has 0 radical (unpaired) electrons. The molecule has 0 aliphatic carbocycles. The van der Waals surface area contributed by atoms with Gasteiger partial charge >= 0.3 is 6.18 Å². The first-order valence-electron chi connectivity index (χ1n) is 8.30. The Bertz CT molecular complexity index is 1370. The Morgan fingerprint density at radius 3 is 2.66 bits per heavy atom. The van der Waals surface area contributed by atoms with Crippen molar-refractivity contribution in [3.05, 3.63) is 62.1 Å². The number of hydrogen-bond donors (Lipinski definition) is 1. The Labute approximate surface area is 164 Å². The molecule has 3 heterocycles. The SMILES string of the molecule is Cc1ccc2c(c1)c(=O)n(C)c1nnc(CSc3nc(C(F)(F)F)cc(=O)[nH]3)n21. The van der Waals surface area contributed by atoms with Crippen LogP contribution in [-0.4, -0.2) is 29.1 Å². The summed E-state index contributed by atoms with van der Waals surface area (Å²) in [6, 6.07) is 5.76. The highest BCUT2D eigenvalue weighted by molar-refractivity contribution is 7.98. The summed E-state index contributed by atoms with van der Waals surface area (Å²) >= 11 is 0.882. The molecule has 0 aliphatic rings. The predicted molar refractivity (Wildman–Crippen MR) is 99.9 cm³/mol. The molecular weight excluding hydrogens is 409 g/mol. The van der Waals surface area contributed by atoms with Crippen molar-refractivity contribution in [3.8, 4) is 0 Å². The fourth-order valence-electron chi connectivity index (χ4n) is 2.93. The monoisotopic (exact) mass is 422 g/mol. The molecule has 0 atom stereocenters. The van der Waals surface area contributed by atoms with Gasteiger partial charge in [-0.2, -0.15) is 13.2 Å². The van der Waals surface area contributed by atoms with Gasteiger partial charge < -0.3 is 4.98 Å². The van der Waals surface area contributed by atoms with Gasteiger partial charge in [-0.3, -0.25) is 18.6 Å². The molecule has 0 aliphatic heterocycles. The number of nitrogens with one attached hydrogen (secondary N) is 1. The molecule has 0 amide bonds. The number of nitrogens with zero attached hydrogens (tertiary/aromatic N) is 5. The number of rotatable bonds is 3. The van der Waals surface area contributed by atoms with Gasteiger partial charge in [0.1, 0.15) is 5.82 Å². The lowest BCUT2D eigenvalue weighted by atomic mass is 10.1. The van der Waals surface area contributed by atoms with Crippen molar-refractivity contribution in [2.75, 3.05) is 0 Å². The van der Waals surface area contributed by atoms with E-state index in [9.17, 15) is 22.8 Å². The number of H-pyrrole nitrogens is 1. The van der Waals surface area contributed by atoms with Crippen molar-refractivity contribution in [3.63, 3.8) is 0 Å². The molecule has 3 aromatic heterocycles. The fraction of sp³-hybridized carbons (Fsp3) is 0.235. The topological polar surface area (TPSA) is 97.9 Å². The van der Waals surface area contributed by atoms with E-state index in [2.05, 4.69) is 20.2 Å². The zero-order chi connectivity index (χ0) is 20.9. The summed E-state index contributed by atoms with van der Waals surface area (Å²) < 4.78 is 41.6. The number of aromatic nitrogens is 6. The van der Waals surface area contributed by atoms with Gasteiger partial charge in [0.2, 0.25) is 5.78 Å². The van der Waals surface area contributed by atoms with Crippen LogP contribution in [-0.2, 0) is 19.0 Å². The summed E-state index contributed by atoms with van der Waals surface area (Å²) in [4.78, 5) is 29.9. The standard InChI is InChI=1S/C17H13F3N6O2S/c1-8-3-4-10-9(5-8)14(28)25(2)16-24-23-12(26(10)16)7-29-15-21-11(17(18,19)20)6-13(27)22-15/h3-6H,7H2,1-2H3,(H,21,22,27). The normalized spacial score (nSPS) is 12.2. The average Bonchev–Trinajstić information content (AvgIpc) is 3.07. The number of benzene rings is 1. The quantitative estimate of drug-likeness (QED) is 0.402.